The van der Waals surface area contributed by atoms with Gasteiger partial charge in [0.1, 0.15) is 0 Å². The molecule has 0 spiro atoms. The van der Waals surface area contributed by atoms with Crippen molar-refractivity contribution >= 4 is 23.3 Å². The van der Waals surface area contributed by atoms with Crippen molar-refractivity contribution in [3.05, 3.63) is 23.1 Å². The highest BCUT2D eigenvalue weighted by Gasteiger charge is 2.33. The quantitative estimate of drug-likeness (QED) is 0.857. The van der Waals surface area contributed by atoms with Crippen molar-refractivity contribution in [2.24, 2.45) is 5.92 Å². The van der Waals surface area contributed by atoms with Gasteiger partial charge in [0.05, 0.1) is 5.02 Å². The summed E-state index contributed by atoms with van der Waals surface area (Å²) in [5.41, 5.74) is 0. The van der Waals surface area contributed by atoms with E-state index in [4.69, 9.17) is 11.6 Å². The normalized spacial score (nSPS) is 19.9. The van der Waals surface area contributed by atoms with Crippen LogP contribution >= 0.6 is 11.6 Å². The molecule has 1 amide bonds. The van der Waals surface area contributed by atoms with Crippen molar-refractivity contribution in [2.75, 3.05) is 25.0 Å². The minimum absolute atomic E-state index is 0.235. The van der Waals surface area contributed by atoms with Crippen molar-refractivity contribution in [1.29, 1.82) is 0 Å². The molecule has 22 heavy (non-hydrogen) atoms. The van der Waals surface area contributed by atoms with Gasteiger partial charge in [-0.2, -0.15) is 0 Å². The highest BCUT2D eigenvalue weighted by Crippen LogP contribution is 2.30. The summed E-state index contributed by atoms with van der Waals surface area (Å²) in [6.45, 7) is 1.41. The Bertz CT molecular complexity index is 556. The molecule has 1 aromatic heterocycles. The van der Waals surface area contributed by atoms with Crippen LogP contribution in [-0.4, -0.2) is 42.0 Å². The van der Waals surface area contributed by atoms with Crippen LogP contribution in [0, 0.1) is 11.7 Å². The molecular weight excluding hydrogens is 305 g/mol. The summed E-state index contributed by atoms with van der Waals surface area (Å²) < 4.78 is 13.9. The number of amides is 1. The second-order valence-electron chi connectivity index (χ2n) is 6.25. The Kier molecular flexibility index (Phi) is 4.52. The van der Waals surface area contributed by atoms with Gasteiger partial charge in [0.2, 0.25) is 5.91 Å². The van der Waals surface area contributed by atoms with Gasteiger partial charge in [-0.15, -0.1) is 0 Å². The first-order valence-electron chi connectivity index (χ1n) is 7.89. The molecule has 4 nitrogen and oxygen atoms in total. The summed E-state index contributed by atoms with van der Waals surface area (Å²) in [6, 6.07) is 1.54. The van der Waals surface area contributed by atoms with E-state index in [-0.39, 0.29) is 23.7 Å². The van der Waals surface area contributed by atoms with E-state index in [1.165, 1.54) is 18.7 Å². The molecule has 1 aromatic rings. The molecule has 3 rings (SSSR count). The Hall–Kier alpha value is -1.36. The summed E-state index contributed by atoms with van der Waals surface area (Å²) in [6.07, 6.45) is 6.39. The van der Waals surface area contributed by atoms with Crippen molar-refractivity contribution in [1.82, 2.24) is 9.88 Å². The van der Waals surface area contributed by atoms with Crippen molar-refractivity contribution in [3.8, 4) is 0 Å². The number of hydrogen-bond acceptors (Lipinski definition) is 3. The maximum atomic E-state index is 13.9. The van der Waals surface area contributed by atoms with Crippen LogP contribution in [0.4, 0.5) is 10.2 Å². The van der Waals surface area contributed by atoms with Crippen LogP contribution in [0.2, 0.25) is 5.02 Å². The van der Waals surface area contributed by atoms with E-state index < -0.39 is 0 Å². The molecule has 1 saturated carbocycles. The number of rotatable bonds is 3. The monoisotopic (exact) mass is 325 g/mol. The van der Waals surface area contributed by atoms with Crippen molar-refractivity contribution < 1.29 is 9.18 Å². The number of aromatic nitrogens is 1. The number of hydrogen-bond donors (Lipinski definition) is 0. The van der Waals surface area contributed by atoms with Gasteiger partial charge >= 0.3 is 0 Å². The third kappa shape index (κ3) is 3.05. The third-order valence-electron chi connectivity index (χ3n) is 4.90. The summed E-state index contributed by atoms with van der Waals surface area (Å²) >= 11 is 5.74. The van der Waals surface area contributed by atoms with E-state index in [1.807, 2.05) is 16.8 Å². The predicted octanol–water partition coefficient (Wildman–Crippen LogP) is 3.10. The Morgan fingerprint density at radius 2 is 2.05 bits per heavy atom. The van der Waals surface area contributed by atoms with Gasteiger partial charge in [0, 0.05) is 38.3 Å². The fourth-order valence-corrected chi connectivity index (χ4v) is 3.37. The molecule has 2 aliphatic rings. The molecule has 0 unspecified atom stereocenters. The van der Waals surface area contributed by atoms with E-state index in [0.29, 0.717) is 23.9 Å². The maximum absolute atomic E-state index is 13.9. The van der Waals surface area contributed by atoms with Gasteiger partial charge in [-0.1, -0.05) is 18.0 Å². The highest BCUT2D eigenvalue weighted by molar-refractivity contribution is 6.30. The maximum Gasteiger partial charge on any atom is 0.225 e. The van der Waals surface area contributed by atoms with Crippen LogP contribution < -0.4 is 4.90 Å². The average molecular weight is 326 g/mol. The number of halogens is 2. The molecular formula is C16H21ClFN3O. The molecule has 1 aliphatic carbocycles. The summed E-state index contributed by atoms with van der Waals surface area (Å²) in [7, 11) is 1.90. The predicted molar refractivity (Wildman–Crippen MR) is 84.6 cm³/mol. The topological polar surface area (TPSA) is 36.4 Å². The minimum atomic E-state index is -0.384. The van der Waals surface area contributed by atoms with E-state index in [0.717, 1.165) is 25.7 Å². The van der Waals surface area contributed by atoms with Crippen LogP contribution in [0.3, 0.4) is 0 Å². The lowest BCUT2D eigenvalue weighted by Crippen LogP contribution is -2.48. The average Bonchev–Trinajstić information content (AvgIpc) is 2.45. The number of pyridine rings is 1. The van der Waals surface area contributed by atoms with Gasteiger partial charge in [-0.25, -0.2) is 9.37 Å². The van der Waals surface area contributed by atoms with Crippen LogP contribution in [0.1, 0.15) is 32.1 Å². The standard InChI is InChI=1S/C16H21ClFN3O/c1-20(16(22)11-3-2-4-11)13-5-7-21(8-6-13)15-14(18)9-12(17)10-19-15/h9-11,13H,2-8H2,1H3. The third-order valence-corrected chi connectivity index (χ3v) is 5.11. The van der Waals surface area contributed by atoms with Gasteiger partial charge in [-0.05, 0) is 31.7 Å². The molecule has 0 atom stereocenters. The number of piperidine rings is 1. The zero-order valence-electron chi connectivity index (χ0n) is 12.8. The van der Waals surface area contributed by atoms with E-state index >= 15 is 0 Å². The lowest BCUT2D eigenvalue weighted by molar-refractivity contribution is -0.139. The van der Waals surface area contributed by atoms with Crippen LogP contribution in [-0.2, 0) is 4.79 Å². The van der Waals surface area contributed by atoms with Gasteiger partial charge in [-0.3, -0.25) is 4.79 Å². The summed E-state index contributed by atoms with van der Waals surface area (Å²) in [4.78, 5) is 20.2. The van der Waals surface area contributed by atoms with Crippen LogP contribution in [0.5, 0.6) is 0 Å². The number of carbonyl (C=O) groups is 1. The largest absolute Gasteiger partial charge is 0.354 e. The Balaban J connectivity index is 1.58. The van der Waals surface area contributed by atoms with Crippen LogP contribution in [0.15, 0.2) is 12.3 Å². The zero-order chi connectivity index (χ0) is 15.7. The summed E-state index contributed by atoms with van der Waals surface area (Å²) in [5, 5.41) is 0.307. The zero-order valence-corrected chi connectivity index (χ0v) is 13.5. The second-order valence-corrected chi connectivity index (χ2v) is 6.69. The van der Waals surface area contributed by atoms with Gasteiger partial charge < -0.3 is 9.80 Å². The molecule has 2 fully saturated rings. The molecule has 1 saturated heterocycles. The first-order valence-corrected chi connectivity index (χ1v) is 8.26. The van der Waals surface area contributed by atoms with E-state index in [2.05, 4.69) is 4.98 Å². The Morgan fingerprint density at radius 3 is 2.59 bits per heavy atom. The van der Waals surface area contributed by atoms with Crippen molar-refractivity contribution in [3.63, 3.8) is 0 Å². The highest BCUT2D eigenvalue weighted by atomic mass is 35.5. The fraction of sp³-hybridized carbons (Fsp3) is 0.625. The lowest BCUT2D eigenvalue weighted by atomic mass is 9.84. The molecule has 0 bridgehead atoms. The molecule has 0 aromatic carbocycles. The fourth-order valence-electron chi connectivity index (χ4n) is 3.23. The van der Waals surface area contributed by atoms with Gasteiger partial charge in [0.15, 0.2) is 11.6 Å². The molecule has 2 heterocycles. The molecule has 0 N–H and O–H groups in total. The smallest absolute Gasteiger partial charge is 0.225 e. The molecule has 0 radical (unpaired) electrons. The number of nitrogens with zero attached hydrogens (tertiary/aromatic N) is 3. The second kappa shape index (κ2) is 6.41. The first-order chi connectivity index (χ1) is 10.6. The van der Waals surface area contributed by atoms with E-state index in [1.54, 1.807) is 0 Å². The lowest BCUT2D eigenvalue weighted by Gasteiger charge is -2.39. The molecule has 1 aliphatic heterocycles. The Morgan fingerprint density at radius 1 is 1.36 bits per heavy atom. The van der Waals surface area contributed by atoms with Crippen molar-refractivity contribution in [2.45, 2.75) is 38.1 Å². The minimum Gasteiger partial charge on any atom is -0.354 e. The Labute approximate surface area is 135 Å². The number of anilines is 1. The van der Waals surface area contributed by atoms with Gasteiger partial charge in [0.25, 0.3) is 0 Å². The SMILES string of the molecule is CN(C(=O)C1CCC1)C1CCN(c2ncc(Cl)cc2F)CC1. The summed E-state index contributed by atoms with van der Waals surface area (Å²) in [5.74, 6) is 0.486. The molecule has 120 valence electrons. The molecule has 6 heteroatoms. The van der Waals surface area contributed by atoms with Crippen LogP contribution in [0.25, 0.3) is 0 Å². The number of carbonyl (C=O) groups excluding carboxylic acids is 1. The van der Waals surface area contributed by atoms with E-state index in [9.17, 15) is 9.18 Å². The first kappa shape index (κ1) is 15.5.